The largest absolute Gasteiger partial charge is 0.287 e. The lowest BCUT2D eigenvalue weighted by Crippen LogP contribution is -2.18. The van der Waals surface area contributed by atoms with Crippen LogP contribution in [0.2, 0.25) is 0 Å². The van der Waals surface area contributed by atoms with Gasteiger partial charge in [-0.05, 0) is 38.5 Å². The van der Waals surface area contributed by atoms with E-state index in [1.807, 2.05) is 35.9 Å². The Hall–Kier alpha value is -3.22. The molecule has 0 saturated carbocycles. The number of aryl methyl sites for hydroxylation is 1. The first-order valence-corrected chi connectivity index (χ1v) is 8.99. The van der Waals surface area contributed by atoms with Gasteiger partial charge in [-0.2, -0.15) is 5.10 Å². The SMILES string of the molecule is Cc1nn(CC(C)c2cc(=O)n3[nH]c(-c4ccccn4)cc3n2)c(C)c1C. The smallest absolute Gasteiger partial charge is 0.272 e. The van der Waals surface area contributed by atoms with Crippen LogP contribution in [0.4, 0.5) is 0 Å². The third-order valence-electron chi connectivity index (χ3n) is 5.11. The van der Waals surface area contributed by atoms with E-state index in [2.05, 4.69) is 36.0 Å². The number of nitrogens with one attached hydrogen (secondary N) is 1. The zero-order valence-corrected chi connectivity index (χ0v) is 15.9. The molecule has 0 aliphatic rings. The van der Waals surface area contributed by atoms with Crippen LogP contribution in [0, 0.1) is 20.8 Å². The first kappa shape index (κ1) is 17.2. The molecule has 27 heavy (non-hydrogen) atoms. The summed E-state index contributed by atoms with van der Waals surface area (Å²) in [7, 11) is 0. The number of fused-ring (bicyclic) bond motifs is 1. The van der Waals surface area contributed by atoms with Gasteiger partial charge in [0.1, 0.15) is 0 Å². The van der Waals surface area contributed by atoms with Crippen molar-refractivity contribution in [1.82, 2.24) is 29.4 Å². The predicted octanol–water partition coefficient (Wildman–Crippen LogP) is 3.01. The molecule has 7 nitrogen and oxygen atoms in total. The highest BCUT2D eigenvalue weighted by atomic mass is 16.1. The van der Waals surface area contributed by atoms with Gasteiger partial charge in [-0.1, -0.05) is 13.0 Å². The topological polar surface area (TPSA) is 80.9 Å². The third kappa shape index (κ3) is 3.05. The van der Waals surface area contributed by atoms with Crippen molar-refractivity contribution in [3.8, 4) is 11.4 Å². The molecule has 0 aliphatic heterocycles. The molecule has 0 saturated heterocycles. The molecular weight excluding hydrogens is 340 g/mol. The van der Waals surface area contributed by atoms with Crippen molar-refractivity contribution in [2.75, 3.05) is 0 Å². The van der Waals surface area contributed by atoms with Crippen LogP contribution in [0.25, 0.3) is 17.0 Å². The van der Waals surface area contributed by atoms with E-state index in [-0.39, 0.29) is 11.5 Å². The van der Waals surface area contributed by atoms with Gasteiger partial charge in [0.2, 0.25) is 0 Å². The van der Waals surface area contributed by atoms with Gasteiger partial charge in [0.05, 0.1) is 22.8 Å². The van der Waals surface area contributed by atoms with Crippen LogP contribution < -0.4 is 5.56 Å². The van der Waals surface area contributed by atoms with Crippen molar-refractivity contribution in [2.45, 2.75) is 40.2 Å². The monoisotopic (exact) mass is 362 g/mol. The Labute approximate surface area is 156 Å². The van der Waals surface area contributed by atoms with Crippen molar-refractivity contribution in [1.29, 1.82) is 0 Å². The molecule has 1 unspecified atom stereocenters. The van der Waals surface area contributed by atoms with Crippen molar-refractivity contribution >= 4 is 5.65 Å². The highest BCUT2D eigenvalue weighted by molar-refractivity contribution is 5.60. The van der Waals surface area contributed by atoms with Crippen LogP contribution in [-0.2, 0) is 6.54 Å². The lowest BCUT2D eigenvalue weighted by Gasteiger charge is -2.12. The van der Waals surface area contributed by atoms with Gasteiger partial charge < -0.3 is 0 Å². The van der Waals surface area contributed by atoms with E-state index in [0.29, 0.717) is 12.2 Å². The number of H-pyrrole nitrogens is 1. The fraction of sp³-hybridized carbons (Fsp3) is 0.300. The van der Waals surface area contributed by atoms with Crippen LogP contribution in [0.5, 0.6) is 0 Å². The van der Waals surface area contributed by atoms with E-state index in [9.17, 15) is 4.79 Å². The third-order valence-corrected chi connectivity index (χ3v) is 5.11. The molecular formula is C20H22N6O. The maximum Gasteiger partial charge on any atom is 0.272 e. The Morgan fingerprint density at radius 2 is 2.00 bits per heavy atom. The minimum absolute atomic E-state index is 0.0632. The molecule has 0 aliphatic carbocycles. The maximum atomic E-state index is 12.6. The fourth-order valence-electron chi connectivity index (χ4n) is 3.23. The van der Waals surface area contributed by atoms with Crippen LogP contribution >= 0.6 is 0 Å². The summed E-state index contributed by atoms with van der Waals surface area (Å²) in [5, 5.41) is 7.67. The molecule has 7 heteroatoms. The number of aromatic nitrogens is 6. The Balaban J connectivity index is 1.70. The van der Waals surface area contributed by atoms with E-state index in [1.165, 1.54) is 10.1 Å². The second-order valence-electron chi connectivity index (χ2n) is 6.98. The molecule has 0 bridgehead atoms. The maximum absolute atomic E-state index is 12.6. The summed E-state index contributed by atoms with van der Waals surface area (Å²) in [6.45, 7) is 8.91. The molecule has 0 spiro atoms. The van der Waals surface area contributed by atoms with Crippen molar-refractivity contribution < 1.29 is 0 Å². The standard InChI is InChI=1S/C20H22N6O/c1-12(11-25-15(4)13(2)14(3)23-25)17-10-20(27)26-19(22-17)9-18(24-26)16-7-5-6-8-21-16/h5-10,12,24H,11H2,1-4H3. The normalized spacial score (nSPS) is 12.6. The Morgan fingerprint density at radius 3 is 2.67 bits per heavy atom. The van der Waals surface area contributed by atoms with Gasteiger partial charge in [0.15, 0.2) is 5.65 Å². The van der Waals surface area contributed by atoms with E-state index in [4.69, 9.17) is 4.98 Å². The summed E-state index contributed by atoms with van der Waals surface area (Å²) in [6.07, 6.45) is 1.72. The van der Waals surface area contributed by atoms with Crippen molar-refractivity contribution in [2.24, 2.45) is 0 Å². The van der Waals surface area contributed by atoms with Gasteiger partial charge in [0, 0.05) is 36.5 Å². The highest BCUT2D eigenvalue weighted by Gasteiger charge is 2.16. The fourth-order valence-corrected chi connectivity index (χ4v) is 3.23. The van der Waals surface area contributed by atoms with E-state index in [0.717, 1.165) is 28.5 Å². The molecule has 4 aromatic heterocycles. The summed E-state index contributed by atoms with van der Waals surface area (Å²) in [6, 6.07) is 9.11. The molecule has 4 aromatic rings. The number of hydrogen-bond acceptors (Lipinski definition) is 4. The predicted molar refractivity (Wildman–Crippen MR) is 104 cm³/mol. The summed E-state index contributed by atoms with van der Waals surface area (Å²) in [5.74, 6) is 0.0632. The zero-order chi connectivity index (χ0) is 19.1. The minimum Gasteiger partial charge on any atom is -0.287 e. The first-order valence-electron chi connectivity index (χ1n) is 8.99. The Morgan fingerprint density at radius 1 is 1.19 bits per heavy atom. The average molecular weight is 362 g/mol. The molecule has 138 valence electrons. The number of aromatic amines is 1. The van der Waals surface area contributed by atoms with Gasteiger partial charge >= 0.3 is 0 Å². The molecule has 4 rings (SSSR count). The van der Waals surface area contributed by atoms with Crippen LogP contribution in [0.3, 0.4) is 0 Å². The summed E-state index contributed by atoms with van der Waals surface area (Å²) >= 11 is 0. The van der Waals surface area contributed by atoms with E-state index < -0.39 is 0 Å². The number of pyridine rings is 1. The van der Waals surface area contributed by atoms with Crippen molar-refractivity contribution in [3.63, 3.8) is 0 Å². The molecule has 0 aromatic carbocycles. The molecule has 0 fully saturated rings. The number of hydrogen-bond donors (Lipinski definition) is 1. The molecule has 0 radical (unpaired) electrons. The second-order valence-corrected chi connectivity index (χ2v) is 6.98. The summed E-state index contributed by atoms with van der Waals surface area (Å²) < 4.78 is 3.45. The zero-order valence-electron chi connectivity index (χ0n) is 15.9. The van der Waals surface area contributed by atoms with Crippen LogP contribution in [0.1, 0.15) is 35.5 Å². The lowest BCUT2D eigenvalue weighted by atomic mass is 10.1. The molecule has 0 amide bonds. The first-order chi connectivity index (χ1) is 12.9. The van der Waals surface area contributed by atoms with Gasteiger partial charge in [-0.3, -0.25) is 19.6 Å². The summed E-state index contributed by atoms with van der Waals surface area (Å²) in [5.41, 5.74) is 6.15. The summed E-state index contributed by atoms with van der Waals surface area (Å²) in [4.78, 5) is 21.6. The minimum atomic E-state index is -0.131. The van der Waals surface area contributed by atoms with Crippen LogP contribution in [0.15, 0.2) is 41.3 Å². The van der Waals surface area contributed by atoms with Gasteiger partial charge in [-0.25, -0.2) is 9.50 Å². The average Bonchev–Trinajstić information content (AvgIpc) is 3.20. The van der Waals surface area contributed by atoms with Gasteiger partial charge in [-0.15, -0.1) is 0 Å². The lowest BCUT2D eigenvalue weighted by molar-refractivity contribution is 0.520. The van der Waals surface area contributed by atoms with E-state index >= 15 is 0 Å². The van der Waals surface area contributed by atoms with E-state index in [1.54, 1.807) is 12.3 Å². The van der Waals surface area contributed by atoms with Crippen LogP contribution in [-0.4, -0.2) is 29.4 Å². The quantitative estimate of drug-likeness (QED) is 0.605. The second kappa shape index (κ2) is 6.50. The van der Waals surface area contributed by atoms with Gasteiger partial charge in [0.25, 0.3) is 5.56 Å². The molecule has 4 heterocycles. The molecule has 1 atom stereocenters. The molecule has 1 N–H and O–H groups in total. The highest BCUT2D eigenvalue weighted by Crippen LogP contribution is 2.20. The Kier molecular flexibility index (Phi) is 4.14. The number of rotatable bonds is 4. The van der Waals surface area contributed by atoms with Crippen molar-refractivity contribution in [3.05, 3.63) is 69.5 Å². The Bertz CT molecular complexity index is 1170. The number of nitrogens with zero attached hydrogens (tertiary/aromatic N) is 5.